The molecule has 0 atom stereocenters. The van der Waals surface area contributed by atoms with Gasteiger partial charge in [-0.05, 0) is 49.2 Å². The van der Waals surface area contributed by atoms with E-state index < -0.39 is 38.9 Å². The van der Waals surface area contributed by atoms with Crippen molar-refractivity contribution in [2.24, 2.45) is 0 Å². The van der Waals surface area contributed by atoms with Gasteiger partial charge in [-0.15, -0.1) is 0 Å². The lowest BCUT2D eigenvalue weighted by molar-refractivity contribution is -0.385. The van der Waals surface area contributed by atoms with Gasteiger partial charge in [0.2, 0.25) is 15.9 Å². The van der Waals surface area contributed by atoms with E-state index in [1.807, 2.05) is 0 Å². The molecule has 0 spiro atoms. The van der Waals surface area contributed by atoms with E-state index >= 15 is 0 Å². The maximum atomic E-state index is 12.6. The first-order valence-electron chi connectivity index (χ1n) is 10.0. The zero-order valence-corrected chi connectivity index (χ0v) is 18.8. The number of rotatable bonds is 9. The molecule has 0 radical (unpaired) electrons. The van der Waals surface area contributed by atoms with Crippen molar-refractivity contribution in [3.63, 3.8) is 0 Å². The number of carbonyl (C=O) groups excluding carboxylic acids is 1. The molecule has 0 aliphatic carbocycles. The number of nitrogens with one attached hydrogen (secondary N) is 1. The number of sulfonamides is 1. The van der Waals surface area contributed by atoms with Crippen LogP contribution >= 0.6 is 0 Å². The molecule has 3 rings (SSSR count). The van der Waals surface area contributed by atoms with Crippen LogP contribution < -0.4 is 14.8 Å². The van der Waals surface area contributed by atoms with Gasteiger partial charge < -0.3 is 14.8 Å². The topological polar surface area (TPSA) is 128 Å². The molecule has 0 saturated carbocycles. The SMILES string of the molecule is COc1cc(/C=C/C(=O)Nc2ccc(S(=O)(=O)N3CCCC3)cc2)c([N+](=O)[O-])cc1OC(F)F. The van der Waals surface area contributed by atoms with Crippen LogP contribution in [0.15, 0.2) is 47.4 Å². The molecule has 13 heteroatoms. The molecule has 1 fully saturated rings. The third kappa shape index (κ3) is 5.85. The second-order valence-electron chi connectivity index (χ2n) is 7.16. The summed E-state index contributed by atoms with van der Waals surface area (Å²) in [6.45, 7) is -2.27. The van der Waals surface area contributed by atoms with Gasteiger partial charge >= 0.3 is 6.61 Å². The number of anilines is 1. The molecular weight excluding hydrogens is 476 g/mol. The highest BCUT2D eigenvalue weighted by Gasteiger charge is 2.27. The number of alkyl halides is 2. The van der Waals surface area contributed by atoms with E-state index in [-0.39, 0.29) is 16.2 Å². The molecule has 10 nitrogen and oxygen atoms in total. The number of carbonyl (C=O) groups is 1. The van der Waals surface area contributed by atoms with Gasteiger partial charge in [0.05, 0.1) is 28.6 Å². The van der Waals surface area contributed by atoms with Gasteiger partial charge in [-0.25, -0.2) is 8.42 Å². The van der Waals surface area contributed by atoms with Gasteiger partial charge in [-0.3, -0.25) is 14.9 Å². The second-order valence-corrected chi connectivity index (χ2v) is 9.09. The largest absolute Gasteiger partial charge is 0.493 e. The predicted molar refractivity (Wildman–Crippen MR) is 118 cm³/mol. The Morgan fingerprint density at radius 3 is 2.38 bits per heavy atom. The van der Waals surface area contributed by atoms with Crippen LogP contribution in [0.3, 0.4) is 0 Å². The van der Waals surface area contributed by atoms with Crippen LogP contribution in [0.5, 0.6) is 11.5 Å². The summed E-state index contributed by atoms with van der Waals surface area (Å²) < 4.78 is 60.8. The van der Waals surface area contributed by atoms with Gasteiger partial charge in [-0.2, -0.15) is 13.1 Å². The lowest BCUT2D eigenvalue weighted by atomic mass is 10.1. The van der Waals surface area contributed by atoms with Gasteiger partial charge in [0.1, 0.15) is 0 Å². The van der Waals surface area contributed by atoms with Crippen molar-refractivity contribution in [1.29, 1.82) is 0 Å². The van der Waals surface area contributed by atoms with E-state index in [0.717, 1.165) is 37.1 Å². The fraction of sp³-hybridized carbons (Fsp3) is 0.286. The highest BCUT2D eigenvalue weighted by atomic mass is 32.2. The van der Waals surface area contributed by atoms with Gasteiger partial charge in [0.25, 0.3) is 5.69 Å². The lowest BCUT2D eigenvalue weighted by Crippen LogP contribution is -2.27. The summed E-state index contributed by atoms with van der Waals surface area (Å²) in [6, 6.07) is 7.49. The Morgan fingerprint density at radius 2 is 1.82 bits per heavy atom. The zero-order chi connectivity index (χ0) is 24.9. The summed E-state index contributed by atoms with van der Waals surface area (Å²) in [5.41, 5.74) is -0.342. The number of halogens is 2. The van der Waals surface area contributed by atoms with E-state index in [1.54, 1.807) is 0 Å². The number of benzene rings is 2. The standard InChI is InChI=1S/C21H21F2N3O7S/c1-32-18-12-14(17(26(28)29)13-19(18)33-21(22)23)4-9-20(27)24-15-5-7-16(8-6-15)34(30,31)25-10-2-3-11-25/h4-9,12-13,21H,2-3,10-11H2,1H3,(H,24,27)/b9-4+. The average molecular weight is 497 g/mol. The predicted octanol–water partition coefficient (Wildman–Crippen LogP) is 3.64. The molecular formula is C21H21F2N3O7S. The Balaban J connectivity index is 1.75. The van der Waals surface area contributed by atoms with Crippen molar-refractivity contribution in [3.8, 4) is 11.5 Å². The molecule has 1 saturated heterocycles. The molecule has 2 aromatic rings. The molecule has 1 amide bonds. The molecule has 2 aromatic carbocycles. The second kappa shape index (κ2) is 10.6. The number of ether oxygens (including phenoxy) is 2. The minimum Gasteiger partial charge on any atom is -0.493 e. The average Bonchev–Trinajstić information content (AvgIpc) is 3.34. The molecule has 182 valence electrons. The van der Waals surface area contributed by atoms with Crippen molar-refractivity contribution >= 4 is 33.4 Å². The van der Waals surface area contributed by atoms with Crippen molar-refractivity contribution < 1.29 is 36.4 Å². The van der Waals surface area contributed by atoms with Crippen LogP contribution in [0.1, 0.15) is 18.4 Å². The van der Waals surface area contributed by atoms with Crippen LogP contribution in [-0.2, 0) is 14.8 Å². The van der Waals surface area contributed by atoms with E-state index in [2.05, 4.69) is 10.1 Å². The van der Waals surface area contributed by atoms with Crippen molar-refractivity contribution in [3.05, 3.63) is 58.2 Å². The quantitative estimate of drug-likeness (QED) is 0.318. The van der Waals surface area contributed by atoms with E-state index in [0.29, 0.717) is 18.8 Å². The summed E-state index contributed by atoms with van der Waals surface area (Å²) in [5, 5.41) is 13.9. The molecule has 1 N–H and O–H groups in total. The molecule has 0 unspecified atom stereocenters. The first-order chi connectivity index (χ1) is 16.1. The minimum atomic E-state index is -3.59. The smallest absolute Gasteiger partial charge is 0.387 e. The normalized spacial score (nSPS) is 14.5. The van der Waals surface area contributed by atoms with Gasteiger partial charge in [-0.1, -0.05) is 0 Å². The first-order valence-corrected chi connectivity index (χ1v) is 11.5. The highest BCUT2D eigenvalue weighted by Crippen LogP contribution is 2.36. The number of hydrogen-bond donors (Lipinski definition) is 1. The Labute approximate surface area is 194 Å². The van der Waals surface area contributed by atoms with Crippen LogP contribution in [0, 0.1) is 10.1 Å². The summed E-state index contributed by atoms with van der Waals surface area (Å²) in [7, 11) is -2.41. The minimum absolute atomic E-state index is 0.0781. The van der Waals surface area contributed by atoms with Gasteiger partial charge in [0.15, 0.2) is 11.5 Å². The van der Waals surface area contributed by atoms with E-state index in [1.165, 1.54) is 35.7 Å². The number of nitro benzene ring substituents is 1. The van der Waals surface area contributed by atoms with Crippen LogP contribution in [0.2, 0.25) is 0 Å². The molecule has 1 aliphatic heterocycles. The van der Waals surface area contributed by atoms with Crippen LogP contribution in [0.4, 0.5) is 20.2 Å². The molecule has 1 aliphatic rings. The Bertz CT molecular complexity index is 1200. The maximum absolute atomic E-state index is 12.6. The monoisotopic (exact) mass is 497 g/mol. The number of nitrogens with zero attached hydrogens (tertiary/aromatic N) is 2. The summed E-state index contributed by atoms with van der Waals surface area (Å²) in [4.78, 5) is 22.9. The lowest BCUT2D eigenvalue weighted by Gasteiger charge is -2.15. The summed E-state index contributed by atoms with van der Waals surface area (Å²) in [5.74, 6) is -1.35. The zero-order valence-electron chi connectivity index (χ0n) is 17.9. The third-order valence-electron chi connectivity index (χ3n) is 4.96. The molecule has 1 heterocycles. The summed E-state index contributed by atoms with van der Waals surface area (Å²) in [6.07, 6.45) is 3.75. The van der Waals surface area contributed by atoms with E-state index in [9.17, 15) is 32.1 Å². The highest BCUT2D eigenvalue weighted by molar-refractivity contribution is 7.89. The van der Waals surface area contributed by atoms with Gasteiger partial charge in [0, 0.05) is 24.9 Å². The maximum Gasteiger partial charge on any atom is 0.387 e. The summed E-state index contributed by atoms with van der Waals surface area (Å²) >= 11 is 0. The number of methoxy groups -OCH3 is 1. The first kappa shape index (κ1) is 25.1. The Morgan fingerprint density at radius 1 is 1.18 bits per heavy atom. The molecule has 34 heavy (non-hydrogen) atoms. The fourth-order valence-electron chi connectivity index (χ4n) is 3.34. The third-order valence-corrected chi connectivity index (χ3v) is 6.88. The van der Waals surface area contributed by atoms with Crippen molar-refractivity contribution in [2.45, 2.75) is 24.3 Å². The Kier molecular flexibility index (Phi) is 7.79. The van der Waals surface area contributed by atoms with Crippen molar-refractivity contribution in [1.82, 2.24) is 4.31 Å². The number of hydrogen-bond acceptors (Lipinski definition) is 7. The number of nitro groups is 1. The fourth-order valence-corrected chi connectivity index (χ4v) is 4.86. The van der Waals surface area contributed by atoms with Crippen molar-refractivity contribution in [2.75, 3.05) is 25.5 Å². The van der Waals surface area contributed by atoms with Crippen LogP contribution in [-0.4, -0.2) is 50.4 Å². The molecule has 0 aromatic heterocycles. The molecule has 0 bridgehead atoms. The Hall–Kier alpha value is -3.58. The van der Waals surface area contributed by atoms with E-state index in [4.69, 9.17) is 4.74 Å². The van der Waals surface area contributed by atoms with Crippen LogP contribution in [0.25, 0.3) is 6.08 Å². The number of amides is 1.